The lowest BCUT2D eigenvalue weighted by Gasteiger charge is -2.40. The smallest absolute Gasteiger partial charge is 0.410 e. The molecule has 0 radical (unpaired) electrons. The molecule has 6 rings (SSSR count). The summed E-state index contributed by atoms with van der Waals surface area (Å²) in [5.41, 5.74) is 0.813. The SMILES string of the molecule is CC(C)(C)OC(=O)N1CCC([C@@]2(C)Cc3cc(Cl)ncc3O2)CC1.CC(C)(C)OC(=O)N1CCC([C@]2(C)Cc3cc(Cl)ncc3O2)CC1. The van der Waals surface area contributed by atoms with Gasteiger partial charge in [-0.05, 0) is 93.2 Å². The Bertz CT molecular complexity index is 1380. The molecule has 0 aliphatic carbocycles. The lowest BCUT2D eigenvalue weighted by Crippen LogP contribution is -2.48. The van der Waals surface area contributed by atoms with Crippen LogP contribution in [0.15, 0.2) is 24.5 Å². The van der Waals surface area contributed by atoms with E-state index in [1.807, 2.05) is 53.7 Å². The van der Waals surface area contributed by atoms with E-state index < -0.39 is 11.2 Å². The zero-order chi connectivity index (χ0) is 35.1. The molecule has 4 aliphatic heterocycles. The first-order chi connectivity index (χ1) is 22.3. The fourth-order valence-corrected chi connectivity index (χ4v) is 7.52. The molecular formula is C36H50Cl2N4O6. The Morgan fingerprint density at radius 1 is 0.708 bits per heavy atom. The molecular weight excluding hydrogens is 655 g/mol. The summed E-state index contributed by atoms with van der Waals surface area (Å²) in [5, 5.41) is 1.00. The fourth-order valence-electron chi connectivity index (χ4n) is 7.16. The van der Waals surface area contributed by atoms with Crippen molar-refractivity contribution in [2.45, 2.75) is 116 Å². The normalized spacial score (nSPS) is 24.5. The minimum absolute atomic E-state index is 0.224. The second kappa shape index (κ2) is 13.7. The van der Waals surface area contributed by atoms with Gasteiger partial charge >= 0.3 is 12.2 Å². The Labute approximate surface area is 294 Å². The average molecular weight is 706 g/mol. The van der Waals surface area contributed by atoms with E-state index in [-0.39, 0.29) is 23.4 Å². The van der Waals surface area contributed by atoms with E-state index in [4.69, 9.17) is 42.1 Å². The number of carbonyl (C=O) groups excluding carboxylic acids is 2. The quantitative estimate of drug-likeness (QED) is 0.289. The average Bonchev–Trinajstić information content (AvgIpc) is 3.52. The number of likely N-dealkylation sites (tertiary alicyclic amines) is 2. The highest BCUT2D eigenvalue weighted by Crippen LogP contribution is 2.44. The van der Waals surface area contributed by atoms with Gasteiger partial charge in [-0.25, -0.2) is 19.6 Å². The van der Waals surface area contributed by atoms with E-state index in [2.05, 4.69) is 23.8 Å². The van der Waals surface area contributed by atoms with Crippen LogP contribution >= 0.6 is 23.2 Å². The lowest BCUT2D eigenvalue weighted by atomic mass is 9.79. The number of carbonyl (C=O) groups is 2. The van der Waals surface area contributed by atoms with Crippen LogP contribution in [0.4, 0.5) is 9.59 Å². The zero-order valence-electron chi connectivity index (χ0n) is 29.5. The molecule has 6 heterocycles. The zero-order valence-corrected chi connectivity index (χ0v) is 31.0. The molecule has 0 saturated carbocycles. The van der Waals surface area contributed by atoms with Crippen LogP contribution in [-0.2, 0) is 22.3 Å². The summed E-state index contributed by atoms with van der Waals surface area (Å²) in [6.45, 7) is 18.4. The van der Waals surface area contributed by atoms with Gasteiger partial charge < -0.3 is 28.7 Å². The van der Waals surface area contributed by atoms with Crippen molar-refractivity contribution < 1.29 is 28.5 Å². The molecule has 2 aromatic rings. The first-order valence-electron chi connectivity index (χ1n) is 17.0. The molecule has 2 saturated heterocycles. The Morgan fingerprint density at radius 2 is 1.04 bits per heavy atom. The van der Waals surface area contributed by atoms with Crippen molar-refractivity contribution in [3.63, 3.8) is 0 Å². The fraction of sp³-hybridized carbons (Fsp3) is 0.667. The predicted molar refractivity (Wildman–Crippen MR) is 185 cm³/mol. The lowest BCUT2D eigenvalue weighted by molar-refractivity contribution is -0.00845. The number of halogens is 2. The van der Waals surface area contributed by atoms with E-state index in [1.54, 1.807) is 22.2 Å². The molecule has 2 atom stereocenters. The number of piperidine rings is 2. The van der Waals surface area contributed by atoms with Gasteiger partial charge in [-0.1, -0.05) is 23.2 Å². The molecule has 10 nitrogen and oxygen atoms in total. The van der Waals surface area contributed by atoms with E-state index in [9.17, 15) is 9.59 Å². The van der Waals surface area contributed by atoms with Crippen LogP contribution in [0.2, 0.25) is 10.3 Å². The summed E-state index contributed by atoms with van der Waals surface area (Å²) in [4.78, 5) is 36.2. The van der Waals surface area contributed by atoms with E-state index in [0.717, 1.165) is 61.2 Å². The molecule has 0 aromatic carbocycles. The Balaban J connectivity index is 0.000000188. The first kappa shape index (κ1) is 36.3. The molecule has 48 heavy (non-hydrogen) atoms. The number of hydrogen-bond donors (Lipinski definition) is 0. The molecule has 0 unspecified atom stereocenters. The number of ether oxygens (including phenoxy) is 4. The first-order valence-corrected chi connectivity index (χ1v) is 17.7. The summed E-state index contributed by atoms with van der Waals surface area (Å²) in [6, 6.07) is 3.77. The van der Waals surface area contributed by atoms with Gasteiger partial charge in [-0.15, -0.1) is 0 Å². The van der Waals surface area contributed by atoms with Crippen molar-refractivity contribution in [3.05, 3.63) is 46.0 Å². The van der Waals surface area contributed by atoms with Crippen LogP contribution < -0.4 is 9.47 Å². The summed E-state index contributed by atoms with van der Waals surface area (Å²) in [6.07, 6.45) is 8.27. The third-order valence-electron chi connectivity index (χ3n) is 9.62. The van der Waals surface area contributed by atoms with Gasteiger partial charge in [-0.2, -0.15) is 0 Å². The third kappa shape index (κ3) is 8.78. The molecule has 0 bridgehead atoms. The van der Waals surface area contributed by atoms with E-state index in [0.29, 0.717) is 48.3 Å². The van der Waals surface area contributed by atoms with Crippen LogP contribution in [0, 0.1) is 11.8 Å². The van der Waals surface area contributed by atoms with Crippen molar-refractivity contribution in [1.29, 1.82) is 0 Å². The van der Waals surface area contributed by atoms with Crippen LogP contribution in [0.1, 0.15) is 92.2 Å². The van der Waals surface area contributed by atoms with Crippen molar-refractivity contribution in [2.24, 2.45) is 11.8 Å². The summed E-state index contributed by atoms with van der Waals surface area (Å²) in [7, 11) is 0. The number of rotatable bonds is 2. The molecule has 0 spiro atoms. The maximum Gasteiger partial charge on any atom is 0.410 e. The van der Waals surface area contributed by atoms with Gasteiger partial charge in [-0.3, -0.25) is 0 Å². The van der Waals surface area contributed by atoms with Crippen LogP contribution in [0.3, 0.4) is 0 Å². The minimum Gasteiger partial charge on any atom is -0.485 e. The van der Waals surface area contributed by atoms with Gasteiger partial charge in [0, 0.05) is 62.0 Å². The highest BCUT2D eigenvalue weighted by molar-refractivity contribution is 6.29. The monoisotopic (exact) mass is 704 g/mol. The van der Waals surface area contributed by atoms with Crippen molar-refractivity contribution in [3.8, 4) is 11.5 Å². The largest absolute Gasteiger partial charge is 0.485 e. The molecule has 12 heteroatoms. The topological polar surface area (TPSA) is 103 Å². The van der Waals surface area contributed by atoms with Gasteiger partial charge in [0.05, 0.1) is 12.4 Å². The molecule has 2 aromatic heterocycles. The van der Waals surface area contributed by atoms with Gasteiger partial charge in [0.25, 0.3) is 0 Å². The van der Waals surface area contributed by atoms with Crippen molar-refractivity contribution in [2.75, 3.05) is 26.2 Å². The molecule has 2 amide bonds. The van der Waals surface area contributed by atoms with Crippen LogP contribution in [-0.4, -0.2) is 80.5 Å². The maximum absolute atomic E-state index is 12.2. The number of nitrogens with zero attached hydrogens (tertiary/aromatic N) is 4. The summed E-state index contributed by atoms with van der Waals surface area (Å²) >= 11 is 12.0. The molecule has 264 valence electrons. The Hall–Kier alpha value is -2.98. The second-order valence-electron chi connectivity index (χ2n) is 15.9. The highest BCUT2D eigenvalue weighted by Gasteiger charge is 2.45. The van der Waals surface area contributed by atoms with Crippen LogP contribution in [0.5, 0.6) is 11.5 Å². The van der Waals surface area contributed by atoms with Crippen LogP contribution in [0.25, 0.3) is 0 Å². The number of fused-ring (bicyclic) bond motifs is 2. The van der Waals surface area contributed by atoms with Crippen molar-refractivity contribution in [1.82, 2.24) is 19.8 Å². The number of amides is 2. The number of hydrogen-bond acceptors (Lipinski definition) is 8. The number of pyridine rings is 2. The van der Waals surface area contributed by atoms with Gasteiger partial charge in [0.1, 0.15) is 44.2 Å². The Morgan fingerprint density at radius 3 is 1.35 bits per heavy atom. The van der Waals surface area contributed by atoms with E-state index in [1.165, 1.54) is 0 Å². The van der Waals surface area contributed by atoms with Crippen molar-refractivity contribution >= 4 is 35.4 Å². The molecule has 0 N–H and O–H groups in total. The van der Waals surface area contributed by atoms with Gasteiger partial charge in [0.15, 0.2) is 0 Å². The number of aromatic nitrogens is 2. The minimum atomic E-state index is -0.456. The molecule has 4 aliphatic rings. The highest BCUT2D eigenvalue weighted by atomic mass is 35.5. The third-order valence-corrected chi connectivity index (χ3v) is 10.0. The Kier molecular flexibility index (Phi) is 10.4. The summed E-state index contributed by atoms with van der Waals surface area (Å²) < 4.78 is 23.3. The standard InChI is InChI=1S/2C18H25ClN2O3/c2*1-17(2,3)24-16(22)21-7-5-13(6-8-21)18(4)10-12-9-15(19)20-11-14(12)23-18/h2*9,11,13H,5-8,10H2,1-4H3/t2*18-/m10/s1. The predicted octanol–water partition coefficient (Wildman–Crippen LogP) is 8.15. The van der Waals surface area contributed by atoms with E-state index >= 15 is 0 Å². The molecule has 2 fully saturated rings. The van der Waals surface area contributed by atoms with Gasteiger partial charge in [0.2, 0.25) is 0 Å². The maximum atomic E-state index is 12.2. The summed E-state index contributed by atoms with van der Waals surface area (Å²) in [5.74, 6) is 2.44. The second-order valence-corrected chi connectivity index (χ2v) is 16.7.